The number of amides is 2. The standard InChI is InChI=1S/C57H66N14O9/c58-31-61-44-43(50-48(76)46(74)41(29-72)79-50)65-55(66-51(44)59-25-39(33-13-5-1-6-14-33)34-15-7-2-8-16-34)69-23-21-37(27-69)63-57(78)64-38-22-24-70(28-38)56-67-52(60-26-40(35-17-9-3-10-18-35)36-19-11-4-12-20-36)45-53(68-56)71(32-62-45)54-49(77)47(75)42(30-73)80-54/h1-20,31-32,37-42,46-50,54,72-77H,21-30H2,(H2,58,61)(H,59,65,66)(H,60,67,68)(H2,63,64,78)/t37-,38-,41-,42-,46-,47-,48-,49-,50+,54-/m1/s1. The molecule has 23 nitrogen and oxygen atoms in total. The maximum Gasteiger partial charge on any atom is 0.315 e. The van der Waals surface area contributed by atoms with Crippen molar-refractivity contribution in [2.45, 2.75) is 85.7 Å². The van der Waals surface area contributed by atoms with E-state index in [0.29, 0.717) is 80.9 Å². The minimum Gasteiger partial charge on any atom is -0.394 e. The number of hydrogen-bond donors (Lipinski definition) is 11. The summed E-state index contributed by atoms with van der Waals surface area (Å²) in [4.78, 5) is 46.8. The predicted octanol–water partition coefficient (Wildman–Crippen LogP) is 2.65. The van der Waals surface area contributed by atoms with Gasteiger partial charge >= 0.3 is 6.03 Å². The number of benzene rings is 4. The first-order valence-electron chi connectivity index (χ1n) is 27.0. The van der Waals surface area contributed by atoms with E-state index in [1.54, 1.807) is 4.57 Å². The number of ether oxygens (including phenoxy) is 2. The SMILES string of the molecule is NC=Nc1c(NCC(c2ccccc2)c2ccccc2)nc(N2CC[C@@H](NC(=O)N[C@@H]3CCN(c4nc(NCC(c5ccccc5)c5ccccc5)c5ncn([C@@H]6O[C@H](CO)[C@@H](O)[C@H]6O)c5n4)C3)C2)nc1[C@@H]1O[C@H](CO)[C@@H](O)[C@H]1O. The van der Waals surface area contributed by atoms with Crippen molar-refractivity contribution in [3.63, 3.8) is 0 Å². The quantitative estimate of drug-likeness (QED) is 0.0410. The summed E-state index contributed by atoms with van der Waals surface area (Å²) in [6, 6.07) is 39.4. The lowest BCUT2D eigenvalue weighted by molar-refractivity contribution is -0.0511. The minimum absolute atomic E-state index is 0.0604. The fourth-order valence-corrected chi connectivity index (χ4v) is 11.2. The third-order valence-electron chi connectivity index (χ3n) is 15.5. The number of nitrogens with zero attached hydrogens (tertiary/aromatic N) is 9. The van der Waals surface area contributed by atoms with Crippen molar-refractivity contribution in [3.05, 3.63) is 156 Å². The largest absolute Gasteiger partial charge is 0.394 e. The van der Waals surface area contributed by atoms with Gasteiger partial charge in [0.2, 0.25) is 11.9 Å². The normalized spacial score (nSPS) is 24.9. The second-order valence-corrected chi connectivity index (χ2v) is 20.6. The van der Waals surface area contributed by atoms with Crippen molar-refractivity contribution >= 4 is 52.8 Å². The van der Waals surface area contributed by atoms with Crippen molar-refractivity contribution in [2.75, 3.05) is 72.9 Å². The summed E-state index contributed by atoms with van der Waals surface area (Å²) in [5.41, 5.74) is 11.4. The molecule has 10 atom stereocenters. The van der Waals surface area contributed by atoms with Crippen molar-refractivity contribution in [2.24, 2.45) is 10.7 Å². The minimum atomic E-state index is -1.45. The number of hydrogen-bond acceptors (Lipinski definition) is 19. The Balaban J connectivity index is 0.806. The molecule has 0 saturated carbocycles. The van der Waals surface area contributed by atoms with Crippen molar-refractivity contribution in [3.8, 4) is 0 Å². The molecule has 7 aromatic rings. The van der Waals surface area contributed by atoms with Crippen molar-refractivity contribution < 1.29 is 44.9 Å². The number of nitrogens with one attached hydrogen (secondary N) is 4. The number of urea groups is 1. The van der Waals surface area contributed by atoms with Gasteiger partial charge in [-0.3, -0.25) is 4.57 Å². The van der Waals surface area contributed by atoms with Crippen LogP contribution >= 0.6 is 0 Å². The zero-order chi connectivity index (χ0) is 55.3. The van der Waals surface area contributed by atoms with Crippen LogP contribution in [0.4, 0.5) is 34.0 Å². The lowest BCUT2D eigenvalue weighted by Crippen LogP contribution is -2.48. The Bertz CT molecular complexity index is 3140. The maximum absolute atomic E-state index is 13.9. The first kappa shape index (κ1) is 54.1. The second kappa shape index (κ2) is 24.2. The summed E-state index contributed by atoms with van der Waals surface area (Å²) < 4.78 is 13.5. The zero-order valence-corrected chi connectivity index (χ0v) is 43.7. The lowest BCUT2D eigenvalue weighted by atomic mass is 9.91. The molecule has 3 aromatic heterocycles. The van der Waals surface area contributed by atoms with Crippen molar-refractivity contribution in [1.82, 2.24) is 40.1 Å². The highest BCUT2D eigenvalue weighted by molar-refractivity contribution is 5.85. The topological polar surface area (TPSA) is 319 Å². The van der Waals surface area contributed by atoms with E-state index in [-0.39, 0.29) is 47.3 Å². The van der Waals surface area contributed by atoms with E-state index in [2.05, 4.69) is 79.8 Å². The van der Waals surface area contributed by atoms with Gasteiger partial charge in [0.15, 0.2) is 29.0 Å². The maximum atomic E-state index is 13.9. The Morgan fingerprint density at radius 3 is 1.60 bits per heavy atom. The fourth-order valence-electron chi connectivity index (χ4n) is 11.2. The molecule has 80 heavy (non-hydrogen) atoms. The van der Waals surface area contributed by atoms with Crippen LogP contribution in [0, 0.1) is 0 Å². The first-order chi connectivity index (χ1) is 39.1. The molecule has 7 heterocycles. The number of nitrogens with two attached hydrogens (primary N) is 1. The number of carbonyl (C=O) groups excluding carboxylic acids is 1. The number of rotatable bonds is 19. The molecule has 0 bridgehead atoms. The van der Waals surface area contributed by atoms with E-state index in [9.17, 15) is 35.4 Å². The highest BCUT2D eigenvalue weighted by Gasteiger charge is 2.47. The summed E-state index contributed by atoms with van der Waals surface area (Å²) >= 11 is 0. The van der Waals surface area contributed by atoms with E-state index in [4.69, 9.17) is 35.1 Å². The molecule has 4 saturated heterocycles. The van der Waals surface area contributed by atoms with Crippen LogP contribution in [0.2, 0.25) is 0 Å². The molecule has 2 amide bonds. The van der Waals surface area contributed by atoms with E-state index >= 15 is 0 Å². The Hall–Kier alpha value is -7.87. The smallest absolute Gasteiger partial charge is 0.315 e. The van der Waals surface area contributed by atoms with E-state index in [0.717, 1.165) is 28.6 Å². The van der Waals surface area contributed by atoms with Gasteiger partial charge in [0.25, 0.3) is 0 Å². The predicted molar refractivity (Wildman–Crippen MR) is 299 cm³/mol. The molecule has 4 aliphatic rings. The lowest BCUT2D eigenvalue weighted by Gasteiger charge is -2.24. The van der Waals surface area contributed by atoms with E-state index in [1.165, 1.54) is 6.33 Å². The monoisotopic (exact) mass is 1090 g/mol. The summed E-state index contributed by atoms with van der Waals surface area (Å²) in [5, 5.41) is 77.2. The Kier molecular flexibility index (Phi) is 16.4. The number of aliphatic imine (C=N–C) groups is 1. The second-order valence-electron chi connectivity index (χ2n) is 20.6. The van der Waals surface area contributed by atoms with Crippen LogP contribution in [0.25, 0.3) is 11.2 Å². The van der Waals surface area contributed by atoms with Crippen LogP contribution in [0.3, 0.4) is 0 Å². The molecule has 12 N–H and O–H groups in total. The number of fused-ring (bicyclic) bond motifs is 1. The Labute approximate surface area is 461 Å². The fraction of sp³-hybridized carbons (Fsp3) is 0.386. The molecule has 4 aliphatic heterocycles. The molecule has 418 valence electrons. The molecule has 0 spiro atoms. The van der Waals surface area contributed by atoms with Gasteiger partial charge in [-0.05, 0) is 35.1 Å². The van der Waals surface area contributed by atoms with Crippen LogP contribution in [0.5, 0.6) is 0 Å². The van der Waals surface area contributed by atoms with Gasteiger partial charge in [0.1, 0.15) is 54.1 Å². The highest BCUT2D eigenvalue weighted by atomic mass is 16.6. The van der Waals surface area contributed by atoms with Gasteiger partial charge in [-0.25, -0.2) is 19.8 Å². The third kappa shape index (κ3) is 11.3. The molecule has 23 heteroatoms. The van der Waals surface area contributed by atoms with Crippen LogP contribution in [-0.2, 0) is 9.47 Å². The molecule has 0 radical (unpaired) electrons. The third-order valence-corrected chi connectivity index (χ3v) is 15.5. The summed E-state index contributed by atoms with van der Waals surface area (Å²) in [6.07, 6.45) is -6.23. The van der Waals surface area contributed by atoms with Gasteiger partial charge in [0, 0.05) is 63.2 Å². The van der Waals surface area contributed by atoms with Gasteiger partial charge < -0.3 is 76.9 Å². The Morgan fingerprint density at radius 2 is 1.11 bits per heavy atom. The number of anilines is 4. The number of imidazole rings is 1. The number of carbonyl (C=O) groups is 1. The average molecular weight is 1090 g/mol. The van der Waals surface area contributed by atoms with Gasteiger partial charge in [-0.1, -0.05) is 121 Å². The van der Waals surface area contributed by atoms with Crippen LogP contribution in [0.1, 0.15) is 65.0 Å². The summed E-state index contributed by atoms with van der Waals surface area (Å²) in [7, 11) is 0. The average Bonchev–Trinajstić information content (AvgIpc) is 4.42. The molecule has 0 aliphatic carbocycles. The molecule has 4 aromatic carbocycles. The molecule has 4 fully saturated rings. The zero-order valence-electron chi connectivity index (χ0n) is 43.7. The van der Waals surface area contributed by atoms with Crippen LogP contribution in [0.15, 0.2) is 133 Å². The van der Waals surface area contributed by atoms with E-state index in [1.807, 2.05) is 82.6 Å². The van der Waals surface area contributed by atoms with Gasteiger partial charge in [-0.15, -0.1) is 0 Å². The van der Waals surface area contributed by atoms with Crippen molar-refractivity contribution in [1.29, 1.82) is 0 Å². The summed E-state index contributed by atoms with van der Waals surface area (Å²) in [5.74, 6) is 1.19. The molecular weight excluding hydrogens is 1020 g/mol. The molecular formula is C57H66N14O9. The van der Waals surface area contributed by atoms with Gasteiger partial charge in [-0.2, -0.15) is 15.0 Å². The highest BCUT2D eigenvalue weighted by Crippen LogP contribution is 2.42. The Morgan fingerprint density at radius 1 is 0.637 bits per heavy atom. The van der Waals surface area contributed by atoms with E-state index < -0.39 is 62.2 Å². The molecule has 11 rings (SSSR count). The first-order valence-corrected chi connectivity index (χ1v) is 27.0. The van der Waals surface area contributed by atoms with Crippen LogP contribution < -0.4 is 36.8 Å². The number of aliphatic hydroxyl groups excluding tert-OH is 6. The van der Waals surface area contributed by atoms with Crippen LogP contribution in [-0.4, -0.2) is 174 Å². The summed E-state index contributed by atoms with van der Waals surface area (Å²) in [6.45, 7) is 1.44. The van der Waals surface area contributed by atoms with Gasteiger partial charge in [0.05, 0.1) is 25.9 Å². The molecule has 0 unspecified atom stereocenters. The number of aromatic nitrogens is 6. The number of aliphatic hydroxyl groups is 6.